The summed E-state index contributed by atoms with van der Waals surface area (Å²) >= 11 is 5.83. The molecule has 14 heavy (non-hydrogen) atoms. The number of methoxy groups -OCH3 is 1. The number of hydrogen-bond donors (Lipinski definition) is 0. The number of fused-ring (bicyclic) bond motifs is 1. The number of halogens is 2. The molecule has 0 heterocycles. The molecule has 0 aromatic heterocycles. The Hall–Kier alpha value is -0.290. The van der Waals surface area contributed by atoms with Crippen LogP contribution in [0.1, 0.15) is 0 Å². The summed E-state index contributed by atoms with van der Waals surface area (Å²) in [6.07, 6.45) is 0. The lowest BCUT2D eigenvalue weighted by Crippen LogP contribution is -1.89. The SMILES string of the molecule is COc1c(I)cc(Br)c2ccccc12. The van der Waals surface area contributed by atoms with Crippen LogP contribution in [0.5, 0.6) is 5.75 Å². The van der Waals surface area contributed by atoms with Crippen molar-refractivity contribution >= 4 is 49.3 Å². The first-order valence-corrected chi connectivity index (χ1v) is 6.02. The summed E-state index contributed by atoms with van der Waals surface area (Å²) in [7, 11) is 1.71. The van der Waals surface area contributed by atoms with Gasteiger partial charge in [-0.25, -0.2) is 0 Å². The Labute approximate surface area is 105 Å². The van der Waals surface area contributed by atoms with Gasteiger partial charge in [0.05, 0.1) is 10.7 Å². The molecule has 0 bridgehead atoms. The first-order valence-electron chi connectivity index (χ1n) is 4.15. The average molecular weight is 363 g/mol. The van der Waals surface area contributed by atoms with Gasteiger partial charge >= 0.3 is 0 Å². The van der Waals surface area contributed by atoms with Gasteiger partial charge in [-0.2, -0.15) is 0 Å². The lowest BCUT2D eigenvalue weighted by molar-refractivity contribution is 0.417. The van der Waals surface area contributed by atoms with Crippen LogP contribution in [0.2, 0.25) is 0 Å². The zero-order valence-corrected chi connectivity index (χ0v) is 11.3. The molecular weight excluding hydrogens is 355 g/mol. The summed E-state index contributed by atoms with van der Waals surface area (Å²) in [6.45, 7) is 0. The summed E-state index contributed by atoms with van der Waals surface area (Å²) < 4.78 is 7.62. The van der Waals surface area contributed by atoms with Crippen molar-refractivity contribution in [3.8, 4) is 5.75 Å². The van der Waals surface area contributed by atoms with E-state index in [2.05, 4.69) is 56.7 Å². The fraction of sp³-hybridized carbons (Fsp3) is 0.0909. The highest BCUT2D eigenvalue weighted by Gasteiger charge is 2.08. The number of benzene rings is 2. The van der Waals surface area contributed by atoms with E-state index in [-0.39, 0.29) is 0 Å². The van der Waals surface area contributed by atoms with Gasteiger partial charge in [-0.3, -0.25) is 0 Å². The van der Waals surface area contributed by atoms with E-state index in [4.69, 9.17) is 4.74 Å². The monoisotopic (exact) mass is 362 g/mol. The molecular formula is C11H8BrIO. The van der Waals surface area contributed by atoms with E-state index in [1.54, 1.807) is 7.11 Å². The molecule has 0 unspecified atom stereocenters. The van der Waals surface area contributed by atoms with Crippen molar-refractivity contribution in [1.29, 1.82) is 0 Å². The number of rotatable bonds is 1. The van der Waals surface area contributed by atoms with E-state index >= 15 is 0 Å². The van der Waals surface area contributed by atoms with Gasteiger partial charge in [0.1, 0.15) is 5.75 Å². The van der Waals surface area contributed by atoms with Crippen molar-refractivity contribution < 1.29 is 4.74 Å². The Balaban J connectivity index is 2.90. The third-order valence-electron chi connectivity index (χ3n) is 2.10. The van der Waals surface area contributed by atoms with Crippen LogP contribution in [-0.2, 0) is 0 Å². The molecule has 1 nitrogen and oxygen atoms in total. The van der Waals surface area contributed by atoms with Crippen molar-refractivity contribution in [1.82, 2.24) is 0 Å². The molecule has 0 aliphatic carbocycles. The maximum atomic E-state index is 5.38. The van der Waals surface area contributed by atoms with Crippen molar-refractivity contribution in [2.75, 3.05) is 7.11 Å². The van der Waals surface area contributed by atoms with Crippen molar-refractivity contribution in [3.05, 3.63) is 38.4 Å². The molecule has 72 valence electrons. The molecule has 0 aliphatic heterocycles. The second-order valence-electron chi connectivity index (χ2n) is 2.92. The minimum absolute atomic E-state index is 0.949. The van der Waals surface area contributed by atoms with Crippen LogP contribution >= 0.6 is 38.5 Å². The third kappa shape index (κ3) is 1.63. The van der Waals surface area contributed by atoms with Gasteiger partial charge in [0.15, 0.2) is 0 Å². The highest BCUT2D eigenvalue weighted by molar-refractivity contribution is 14.1. The molecule has 0 amide bonds. The first-order chi connectivity index (χ1) is 6.74. The number of ether oxygens (including phenoxy) is 1. The van der Waals surface area contributed by atoms with Crippen LogP contribution in [0.25, 0.3) is 10.8 Å². The lowest BCUT2D eigenvalue weighted by Gasteiger charge is -2.09. The van der Waals surface area contributed by atoms with Crippen molar-refractivity contribution in [2.45, 2.75) is 0 Å². The van der Waals surface area contributed by atoms with Crippen LogP contribution in [0.3, 0.4) is 0 Å². The topological polar surface area (TPSA) is 9.23 Å². The van der Waals surface area contributed by atoms with Gasteiger partial charge < -0.3 is 4.74 Å². The van der Waals surface area contributed by atoms with Gasteiger partial charge in [-0.15, -0.1) is 0 Å². The summed E-state index contributed by atoms with van der Waals surface area (Å²) in [5.41, 5.74) is 0. The number of hydrogen-bond acceptors (Lipinski definition) is 1. The Kier molecular flexibility index (Phi) is 2.97. The van der Waals surface area contributed by atoms with E-state index < -0.39 is 0 Å². The summed E-state index contributed by atoms with van der Waals surface area (Å²) in [5.74, 6) is 0.949. The van der Waals surface area contributed by atoms with Gasteiger partial charge in [-0.05, 0) is 34.0 Å². The second-order valence-corrected chi connectivity index (χ2v) is 4.94. The molecule has 3 heteroatoms. The average Bonchev–Trinajstić information content (AvgIpc) is 2.18. The van der Waals surface area contributed by atoms with E-state index in [0.29, 0.717) is 0 Å². The minimum Gasteiger partial charge on any atom is -0.495 e. The van der Waals surface area contributed by atoms with Gasteiger partial charge in [0, 0.05) is 9.86 Å². The lowest BCUT2D eigenvalue weighted by atomic mass is 10.1. The fourth-order valence-corrected chi connectivity index (χ4v) is 3.30. The fourth-order valence-electron chi connectivity index (χ4n) is 1.48. The summed E-state index contributed by atoms with van der Waals surface area (Å²) in [4.78, 5) is 0. The van der Waals surface area contributed by atoms with E-state index in [1.165, 1.54) is 5.39 Å². The smallest absolute Gasteiger partial charge is 0.140 e. The predicted octanol–water partition coefficient (Wildman–Crippen LogP) is 4.22. The molecule has 0 saturated carbocycles. The summed E-state index contributed by atoms with van der Waals surface area (Å²) in [6, 6.07) is 10.3. The normalized spacial score (nSPS) is 10.5. The van der Waals surface area contributed by atoms with Crippen LogP contribution in [0, 0.1) is 3.57 Å². The van der Waals surface area contributed by atoms with Crippen LogP contribution in [0.4, 0.5) is 0 Å². The van der Waals surface area contributed by atoms with E-state index in [0.717, 1.165) is 19.2 Å². The maximum Gasteiger partial charge on any atom is 0.140 e. The van der Waals surface area contributed by atoms with Crippen molar-refractivity contribution in [2.24, 2.45) is 0 Å². The van der Waals surface area contributed by atoms with E-state index in [9.17, 15) is 0 Å². The molecule has 0 radical (unpaired) electrons. The molecule has 0 aliphatic rings. The third-order valence-corrected chi connectivity index (χ3v) is 3.56. The van der Waals surface area contributed by atoms with Gasteiger partial charge in [-0.1, -0.05) is 40.2 Å². The first kappa shape index (κ1) is 10.2. The maximum absolute atomic E-state index is 5.38. The van der Waals surface area contributed by atoms with Crippen LogP contribution in [-0.4, -0.2) is 7.11 Å². The molecule has 2 aromatic rings. The molecule has 0 fully saturated rings. The molecule has 0 atom stereocenters. The molecule has 2 aromatic carbocycles. The van der Waals surface area contributed by atoms with Gasteiger partial charge in [0.25, 0.3) is 0 Å². The van der Waals surface area contributed by atoms with Gasteiger partial charge in [0.2, 0.25) is 0 Å². The molecule has 0 saturated heterocycles. The van der Waals surface area contributed by atoms with Crippen LogP contribution < -0.4 is 4.74 Å². The van der Waals surface area contributed by atoms with Crippen molar-refractivity contribution in [3.63, 3.8) is 0 Å². The molecule has 2 rings (SSSR count). The van der Waals surface area contributed by atoms with E-state index in [1.807, 2.05) is 12.1 Å². The Bertz CT molecular complexity index is 482. The largest absolute Gasteiger partial charge is 0.495 e. The highest BCUT2D eigenvalue weighted by atomic mass is 127. The highest BCUT2D eigenvalue weighted by Crippen LogP contribution is 2.35. The quantitative estimate of drug-likeness (QED) is 0.690. The minimum atomic E-state index is 0.949. The Morgan fingerprint density at radius 3 is 2.50 bits per heavy atom. The zero-order chi connectivity index (χ0) is 10.1. The zero-order valence-electron chi connectivity index (χ0n) is 7.55. The molecule has 0 N–H and O–H groups in total. The molecule has 0 spiro atoms. The second kappa shape index (κ2) is 4.06. The Morgan fingerprint density at radius 2 is 1.86 bits per heavy atom. The standard InChI is InChI=1S/C11H8BrIO/c1-14-11-8-5-3-2-4-7(8)9(12)6-10(11)13/h2-6H,1H3. The Morgan fingerprint density at radius 1 is 1.21 bits per heavy atom. The van der Waals surface area contributed by atoms with Crippen LogP contribution in [0.15, 0.2) is 34.8 Å². The summed E-state index contributed by atoms with van der Waals surface area (Å²) in [5, 5.41) is 2.33. The predicted molar refractivity (Wildman–Crippen MR) is 70.9 cm³/mol.